The topological polar surface area (TPSA) is 0 Å². The molecule has 0 saturated carbocycles. The van der Waals surface area contributed by atoms with Crippen LogP contribution in [0.3, 0.4) is 0 Å². The van der Waals surface area contributed by atoms with Crippen LogP contribution in [-0.2, 0) is 0 Å². The third-order valence-corrected chi connectivity index (χ3v) is 2.07. The fourth-order valence-electron chi connectivity index (χ4n) is 1.13. The Balaban J connectivity index is 4.63. The molecule has 0 heterocycles. The van der Waals surface area contributed by atoms with Crippen LogP contribution in [0.5, 0.6) is 0 Å². The van der Waals surface area contributed by atoms with E-state index in [0.29, 0.717) is 0 Å². The second-order valence-electron chi connectivity index (χ2n) is 3.30. The molecule has 0 heteroatoms. The average Bonchev–Trinajstić information content (AvgIpc) is 2.03. The van der Waals surface area contributed by atoms with Crippen molar-refractivity contribution in [3.63, 3.8) is 0 Å². The van der Waals surface area contributed by atoms with Crippen LogP contribution in [-0.4, -0.2) is 0 Å². The normalized spacial score (nSPS) is 11.2. The predicted octanol–water partition coefficient (Wildman–Crippen LogP) is 4.26. The van der Waals surface area contributed by atoms with Crippen molar-refractivity contribution in [1.82, 2.24) is 0 Å². The van der Waals surface area contributed by atoms with Crippen LogP contribution in [0.1, 0.15) is 40.5 Å². The standard InChI is InChI=1S/C12H20/c1-6-8-12(9-7-2)11(5)10(3)4/h6,8H,1,7,9H2,2-5H3. The average molecular weight is 164 g/mol. The molecule has 0 N–H and O–H groups in total. The van der Waals surface area contributed by atoms with Gasteiger partial charge < -0.3 is 0 Å². The Morgan fingerprint density at radius 2 is 1.83 bits per heavy atom. The van der Waals surface area contributed by atoms with Gasteiger partial charge in [0.15, 0.2) is 0 Å². The van der Waals surface area contributed by atoms with Gasteiger partial charge in [0.05, 0.1) is 0 Å². The van der Waals surface area contributed by atoms with Crippen molar-refractivity contribution in [3.8, 4) is 0 Å². The fourth-order valence-corrected chi connectivity index (χ4v) is 1.13. The van der Waals surface area contributed by atoms with E-state index in [1.165, 1.54) is 23.1 Å². The summed E-state index contributed by atoms with van der Waals surface area (Å²) in [6, 6.07) is 0. The molecule has 0 aliphatic rings. The molecule has 0 aromatic rings. The molecule has 0 aromatic heterocycles. The van der Waals surface area contributed by atoms with Crippen molar-refractivity contribution in [2.45, 2.75) is 40.5 Å². The highest BCUT2D eigenvalue weighted by Gasteiger charge is 1.98. The number of rotatable bonds is 4. The molecule has 0 saturated heterocycles. The largest absolute Gasteiger partial charge is 0.0991 e. The van der Waals surface area contributed by atoms with E-state index in [2.05, 4.69) is 40.3 Å². The maximum Gasteiger partial charge on any atom is -0.0279 e. The Bertz CT molecular complexity index is 200. The summed E-state index contributed by atoms with van der Waals surface area (Å²) in [6.07, 6.45) is 6.34. The van der Waals surface area contributed by atoms with Crippen LogP contribution < -0.4 is 0 Å². The summed E-state index contributed by atoms with van der Waals surface area (Å²) in [4.78, 5) is 0. The lowest BCUT2D eigenvalue weighted by molar-refractivity contribution is 0.906. The summed E-state index contributed by atoms with van der Waals surface area (Å²) >= 11 is 0. The molecule has 0 bridgehead atoms. The first kappa shape index (κ1) is 11.2. The Hall–Kier alpha value is -0.780. The molecule has 0 rings (SSSR count). The Labute approximate surface area is 76.7 Å². The van der Waals surface area contributed by atoms with Gasteiger partial charge in [-0.3, -0.25) is 0 Å². The van der Waals surface area contributed by atoms with Gasteiger partial charge in [-0.25, -0.2) is 0 Å². The Morgan fingerprint density at radius 1 is 1.25 bits per heavy atom. The molecular formula is C12H20. The van der Waals surface area contributed by atoms with Crippen LogP contribution in [0.2, 0.25) is 0 Å². The smallest absolute Gasteiger partial charge is 0.0279 e. The SMILES string of the molecule is C=CC=C(CCC)C(C)=C(C)C. The van der Waals surface area contributed by atoms with E-state index in [0.717, 1.165) is 6.42 Å². The minimum atomic E-state index is 1.16. The summed E-state index contributed by atoms with van der Waals surface area (Å²) in [6.45, 7) is 12.4. The van der Waals surface area contributed by atoms with Crippen LogP contribution >= 0.6 is 0 Å². The summed E-state index contributed by atoms with van der Waals surface area (Å²) in [5.41, 5.74) is 4.24. The van der Waals surface area contributed by atoms with Gasteiger partial charge in [0.2, 0.25) is 0 Å². The molecule has 0 aliphatic carbocycles. The maximum absolute atomic E-state index is 3.73. The van der Waals surface area contributed by atoms with E-state index in [1.54, 1.807) is 0 Å². The van der Waals surface area contributed by atoms with Crippen LogP contribution in [0, 0.1) is 0 Å². The minimum Gasteiger partial charge on any atom is -0.0991 e. The third kappa shape index (κ3) is 3.56. The maximum atomic E-state index is 3.73. The minimum absolute atomic E-state index is 1.16. The molecule has 0 aliphatic heterocycles. The van der Waals surface area contributed by atoms with E-state index in [-0.39, 0.29) is 0 Å². The van der Waals surface area contributed by atoms with Crippen molar-refractivity contribution in [2.24, 2.45) is 0 Å². The highest BCUT2D eigenvalue weighted by atomic mass is 14.0. The zero-order chi connectivity index (χ0) is 9.56. The first-order valence-electron chi connectivity index (χ1n) is 4.59. The molecule has 0 radical (unpaired) electrons. The van der Waals surface area contributed by atoms with Gasteiger partial charge in [-0.15, -0.1) is 0 Å². The number of hydrogen-bond donors (Lipinski definition) is 0. The van der Waals surface area contributed by atoms with Crippen molar-refractivity contribution < 1.29 is 0 Å². The summed E-state index contributed by atoms with van der Waals surface area (Å²) in [5.74, 6) is 0. The van der Waals surface area contributed by atoms with Crippen molar-refractivity contribution in [1.29, 1.82) is 0 Å². The molecule has 0 nitrogen and oxygen atoms in total. The predicted molar refractivity (Wildman–Crippen MR) is 57.2 cm³/mol. The molecule has 0 fully saturated rings. The quantitative estimate of drug-likeness (QED) is 0.545. The zero-order valence-electron chi connectivity index (χ0n) is 8.78. The van der Waals surface area contributed by atoms with Crippen molar-refractivity contribution in [3.05, 3.63) is 35.5 Å². The van der Waals surface area contributed by atoms with E-state index in [9.17, 15) is 0 Å². The van der Waals surface area contributed by atoms with E-state index in [4.69, 9.17) is 0 Å². The fraction of sp³-hybridized carbons (Fsp3) is 0.500. The second-order valence-corrected chi connectivity index (χ2v) is 3.30. The Kier molecular flexibility index (Phi) is 5.44. The lowest BCUT2D eigenvalue weighted by atomic mass is 9.99. The summed E-state index contributed by atoms with van der Waals surface area (Å²) in [5, 5.41) is 0. The molecule has 12 heavy (non-hydrogen) atoms. The molecule has 0 aromatic carbocycles. The summed E-state index contributed by atoms with van der Waals surface area (Å²) < 4.78 is 0. The van der Waals surface area contributed by atoms with Crippen molar-refractivity contribution >= 4 is 0 Å². The van der Waals surface area contributed by atoms with Crippen LogP contribution in [0.4, 0.5) is 0 Å². The Morgan fingerprint density at radius 3 is 2.17 bits per heavy atom. The van der Waals surface area contributed by atoms with Gasteiger partial charge in [0.1, 0.15) is 0 Å². The van der Waals surface area contributed by atoms with Crippen LogP contribution in [0.25, 0.3) is 0 Å². The second kappa shape index (κ2) is 5.82. The first-order valence-corrected chi connectivity index (χ1v) is 4.59. The van der Waals surface area contributed by atoms with Gasteiger partial charge >= 0.3 is 0 Å². The highest BCUT2D eigenvalue weighted by molar-refractivity contribution is 5.34. The van der Waals surface area contributed by atoms with Crippen LogP contribution in [0.15, 0.2) is 35.5 Å². The monoisotopic (exact) mass is 164 g/mol. The molecule has 68 valence electrons. The van der Waals surface area contributed by atoms with E-state index >= 15 is 0 Å². The van der Waals surface area contributed by atoms with Gasteiger partial charge in [-0.05, 0) is 38.3 Å². The molecule has 0 amide bonds. The highest BCUT2D eigenvalue weighted by Crippen LogP contribution is 2.18. The molecule has 0 atom stereocenters. The van der Waals surface area contributed by atoms with Gasteiger partial charge in [0.25, 0.3) is 0 Å². The van der Waals surface area contributed by atoms with Gasteiger partial charge in [0, 0.05) is 0 Å². The van der Waals surface area contributed by atoms with Crippen molar-refractivity contribution in [2.75, 3.05) is 0 Å². The lowest BCUT2D eigenvalue weighted by Crippen LogP contribution is -1.87. The van der Waals surface area contributed by atoms with E-state index in [1.807, 2.05) is 6.08 Å². The molecule has 0 spiro atoms. The number of hydrogen-bond acceptors (Lipinski definition) is 0. The first-order chi connectivity index (χ1) is 5.63. The molecular weight excluding hydrogens is 144 g/mol. The molecule has 0 unspecified atom stereocenters. The third-order valence-electron chi connectivity index (χ3n) is 2.07. The zero-order valence-corrected chi connectivity index (χ0v) is 8.78. The number of allylic oxidation sites excluding steroid dienone is 5. The van der Waals surface area contributed by atoms with Gasteiger partial charge in [-0.1, -0.05) is 37.6 Å². The lowest BCUT2D eigenvalue weighted by Gasteiger charge is -2.07. The van der Waals surface area contributed by atoms with E-state index < -0.39 is 0 Å². The van der Waals surface area contributed by atoms with Gasteiger partial charge in [-0.2, -0.15) is 0 Å². The summed E-state index contributed by atoms with van der Waals surface area (Å²) in [7, 11) is 0.